The van der Waals surface area contributed by atoms with Crippen molar-refractivity contribution in [2.75, 3.05) is 46.4 Å². The van der Waals surface area contributed by atoms with Gasteiger partial charge in [-0.3, -0.25) is 0 Å². The van der Waals surface area contributed by atoms with E-state index in [0.29, 0.717) is 6.04 Å². The number of hydrogen-bond acceptors (Lipinski definition) is 4. The molecule has 1 saturated heterocycles. The average molecular weight is 229 g/mol. The molecule has 4 heteroatoms. The van der Waals surface area contributed by atoms with Crippen LogP contribution in [-0.4, -0.2) is 73.4 Å². The lowest BCUT2D eigenvalue weighted by atomic mass is 10.1. The molecule has 2 N–H and O–H groups in total. The first kappa shape index (κ1) is 13.9. The summed E-state index contributed by atoms with van der Waals surface area (Å²) in [4.78, 5) is 4.91. The van der Waals surface area contributed by atoms with E-state index in [2.05, 4.69) is 36.0 Å². The normalized spacial score (nSPS) is 25.9. The molecule has 0 aromatic carbocycles. The summed E-state index contributed by atoms with van der Waals surface area (Å²) in [6.45, 7) is 10.1. The standard InChI is InChI=1S/C12H27N3O/c1-4-13-12(10-16)5-6-15-8-7-14(3)11(2)9-15/h11-13,16H,4-10H2,1-3H3. The van der Waals surface area contributed by atoms with Crippen LogP contribution in [0.25, 0.3) is 0 Å². The molecule has 2 atom stereocenters. The highest BCUT2D eigenvalue weighted by molar-refractivity contribution is 4.78. The summed E-state index contributed by atoms with van der Waals surface area (Å²) in [7, 11) is 2.19. The van der Waals surface area contributed by atoms with E-state index in [4.69, 9.17) is 0 Å². The molecule has 0 saturated carbocycles. The van der Waals surface area contributed by atoms with Gasteiger partial charge in [0.1, 0.15) is 0 Å². The predicted octanol–water partition coefficient (Wildman–Crippen LogP) is -0.0172. The first-order valence-corrected chi connectivity index (χ1v) is 6.44. The first-order chi connectivity index (χ1) is 7.67. The van der Waals surface area contributed by atoms with Gasteiger partial charge in [0.2, 0.25) is 0 Å². The minimum atomic E-state index is 0.247. The van der Waals surface area contributed by atoms with E-state index in [-0.39, 0.29) is 12.6 Å². The monoisotopic (exact) mass is 229 g/mol. The lowest BCUT2D eigenvalue weighted by Gasteiger charge is -2.38. The molecule has 0 spiro atoms. The van der Waals surface area contributed by atoms with Gasteiger partial charge in [-0.05, 0) is 33.5 Å². The van der Waals surface area contributed by atoms with Gasteiger partial charge in [-0.2, -0.15) is 0 Å². The lowest BCUT2D eigenvalue weighted by Crippen LogP contribution is -2.51. The van der Waals surface area contributed by atoms with E-state index in [9.17, 15) is 5.11 Å². The Balaban J connectivity index is 2.21. The van der Waals surface area contributed by atoms with Gasteiger partial charge in [-0.25, -0.2) is 0 Å². The van der Waals surface area contributed by atoms with Crippen LogP contribution < -0.4 is 5.32 Å². The first-order valence-electron chi connectivity index (χ1n) is 6.44. The van der Waals surface area contributed by atoms with Crippen LogP contribution in [0.1, 0.15) is 20.3 Å². The number of aliphatic hydroxyl groups excluding tert-OH is 1. The van der Waals surface area contributed by atoms with Gasteiger partial charge in [0.05, 0.1) is 6.61 Å². The number of nitrogens with one attached hydrogen (secondary N) is 1. The van der Waals surface area contributed by atoms with E-state index in [1.54, 1.807) is 0 Å². The van der Waals surface area contributed by atoms with E-state index in [1.165, 1.54) is 0 Å². The van der Waals surface area contributed by atoms with Gasteiger partial charge in [0, 0.05) is 31.7 Å². The van der Waals surface area contributed by atoms with Gasteiger partial charge in [-0.15, -0.1) is 0 Å². The molecule has 1 heterocycles. The largest absolute Gasteiger partial charge is 0.395 e. The number of piperazine rings is 1. The maximum atomic E-state index is 9.19. The molecule has 0 aromatic rings. The maximum absolute atomic E-state index is 9.19. The molecule has 1 aliphatic rings. The van der Waals surface area contributed by atoms with E-state index in [1.807, 2.05) is 0 Å². The van der Waals surface area contributed by atoms with Crippen LogP contribution in [0.5, 0.6) is 0 Å². The van der Waals surface area contributed by atoms with E-state index < -0.39 is 0 Å². The van der Waals surface area contributed by atoms with Gasteiger partial charge in [0.25, 0.3) is 0 Å². The molecule has 96 valence electrons. The fourth-order valence-electron chi connectivity index (χ4n) is 2.21. The Morgan fingerprint density at radius 3 is 2.75 bits per heavy atom. The Hall–Kier alpha value is -0.160. The molecule has 16 heavy (non-hydrogen) atoms. The maximum Gasteiger partial charge on any atom is 0.0585 e. The zero-order chi connectivity index (χ0) is 12.0. The summed E-state index contributed by atoms with van der Waals surface area (Å²) >= 11 is 0. The van der Waals surface area contributed by atoms with Crippen molar-refractivity contribution in [3.8, 4) is 0 Å². The third kappa shape index (κ3) is 4.37. The second-order valence-corrected chi connectivity index (χ2v) is 4.86. The minimum Gasteiger partial charge on any atom is -0.395 e. The zero-order valence-corrected chi connectivity index (χ0v) is 10.9. The van der Waals surface area contributed by atoms with Crippen LogP contribution in [0.2, 0.25) is 0 Å². The van der Waals surface area contributed by atoms with Crippen molar-refractivity contribution >= 4 is 0 Å². The Bertz CT molecular complexity index is 189. The highest BCUT2D eigenvalue weighted by Gasteiger charge is 2.20. The van der Waals surface area contributed by atoms with Crippen molar-refractivity contribution < 1.29 is 5.11 Å². The van der Waals surface area contributed by atoms with Gasteiger partial charge in [0.15, 0.2) is 0 Å². The SMILES string of the molecule is CCNC(CO)CCN1CCN(C)C(C)C1. The smallest absolute Gasteiger partial charge is 0.0585 e. The van der Waals surface area contributed by atoms with Gasteiger partial charge >= 0.3 is 0 Å². The van der Waals surface area contributed by atoms with Crippen LogP contribution >= 0.6 is 0 Å². The Kier molecular flexibility index (Phi) is 6.28. The van der Waals surface area contributed by atoms with Crippen molar-refractivity contribution in [2.24, 2.45) is 0 Å². The summed E-state index contributed by atoms with van der Waals surface area (Å²) in [5, 5.41) is 12.5. The topological polar surface area (TPSA) is 38.7 Å². The Morgan fingerprint density at radius 1 is 1.44 bits per heavy atom. The summed E-state index contributed by atoms with van der Waals surface area (Å²) in [6.07, 6.45) is 1.04. The lowest BCUT2D eigenvalue weighted by molar-refractivity contribution is 0.0986. The molecule has 0 aromatic heterocycles. The van der Waals surface area contributed by atoms with Gasteiger partial charge in [-0.1, -0.05) is 6.92 Å². The molecular weight excluding hydrogens is 202 g/mol. The average Bonchev–Trinajstić information content (AvgIpc) is 2.28. The van der Waals surface area contributed by atoms with Crippen LogP contribution in [0.4, 0.5) is 0 Å². The third-order valence-electron chi connectivity index (χ3n) is 3.55. The van der Waals surface area contributed by atoms with Crippen molar-refractivity contribution in [3.63, 3.8) is 0 Å². The van der Waals surface area contributed by atoms with Crippen LogP contribution in [0.3, 0.4) is 0 Å². The minimum absolute atomic E-state index is 0.247. The molecule has 2 unspecified atom stereocenters. The number of likely N-dealkylation sites (N-methyl/N-ethyl adjacent to an activating group) is 2. The third-order valence-corrected chi connectivity index (χ3v) is 3.55. The van der Waals surface area contributed by atoms with Crippen molar-refractivity contribution in [2.45, 2.75) is 32.4 Å². The Morgan fingerprint density at radius 2 is 2.19 bits per heavy atom. The molecule has 1 aliphatic heterocycles. The van der Waals surface area contributed by atoms with Crippen molar-refractivity contribution in [1.29, 1.82) is 0 Å². The summed E-state index contributed by atoms with van der Waals surface area (Å²) in [5.74, 6) is 0. The van der Waals surface area contributed by atoms with Crippen molar-refractivity contribution in [3.05, 3.63) is 0 Å². The van der Waals surface area contributed by atoms with Gasteiger partial charge < -0.3 is 20.2 Å². The Labute approximate surface area is 99.6 Å². The van der Waals surface area contributed by atoms with Crippen LogP contribution in [0.15, 0.2) is 0 Å². The number of rotatable bonds is 6. The fourth-order valence-corrected chi connectivity index (χ4v) is 2.21. The number of aliphatic hydroxyl groups is 1. The van der Waals surface area contributed by atoms with E-state index in [0.717, 1.165) is 39.1 Å². The molecule has 0 bridgehead atoms. The van der Waals surface area contributed by atoms with Crippen molar-refractivity contribution in [1.82, 2.24) is 15.1 Å². The highest BCUT2D eigenvalue weighted by atomic mass is 16.3. The highest BCUT2D eigenvalue weighted by Crippen LogP contribution is 2.07. The van der Waals surface area contributed by atoms with Crippen LogP contribution in [-0.2, 0) is 0 Å². The molecule has 0 aliphatic carbocycles. The second-order valence-electron chi connectivity index (χ2n) is 4.86. The molecule has 0 amide bonds. The molecule has 1 fully saturated rings. The molecule has 0 radical (unpaired) electrons. The number of hydrogen-bond donors (Lipinski definition) is 2. The predicted molar refractivity (Wildman–Crippen MR) is 67.7 cm³/mol. The molecule has 4 nitrogen and oxygen atoms in total. The summed E-state index contributed by atoms with van der Waals surface area (Å²) in [6, 6.07) is 0.917. The number of nitrogens with zero attached hydrogens (tertiary/aromatic N) is 2. The second kappa shape index (κ2) is 7.22. The summed E-state index contributed by atoms with van der Waals surface area (Å²) < 4.78 is 0. The fraction of sp³-hybridized carbons (Fsp3) is 1.00. The van der Waals surface area contributed by atoms with Crippen LogP contribution in [0, 0.1) is 0 Å². The zero-order valence-electron chi connectivity index (χ0n) is 10.9. The molecule has 1 rings (SSSR count). The molecular formula is C12H27N3O. The quantitative estimate of drug-likeness (QED) is 0.671. The van der Waals surface area contributed by atoms with E-state index >= 15 is 0 Å². The summed E-state index contributed by atoms with van der Waals surface area (Å²) in [5.41, 5.74) is 0.